The van der Waals surface area contributed by atoms with Crippen molar-refractivity contribution in [1.29, 1.82) is 0 Å². The first-order valence-corrected chi connectivity index (χ1v) is 5.77. The lowest BCUT2D eigenvalue weighted by molar-refractivity contribution is 0.101. The average molecular weight is 259 g/mol. The Hall–Kier alpha value is -2.43. The number of benzene rings is 1. The summed E-state index contributed by atoms with van der Waals surface area (Å²) in [6, 6.07) is 9.89. The van der Waals surface area contributed by atoms with Gasteiger partial charge in [-0.25, -0.2) is 9.37 Å². The van der Waals surface area contributed by atoms with Crippen LogP contribution >= 0.6 is 0 Å². The molecule has 1 aromatic heterocycles. The smallest absolute Gasteiger partial charge is 0.277 e. The van der Waals surface area contributed by atoms with Crippen molar-refractivity contribution in [3.8, 4) is 0 Å². The van der Waals surface area contributed by atoms with Crippen LogP contribution in [0.1, 0.15) is 10.5 Å². The van der Waals surface area contributed by atoms with Crippen LogP contribution in [0.4, 0.5) is 15.8 Å². The number of anilines is 2. The lowest BCUT2D eigenvalue weighted by Gasteiger charge is -2.13. The predicted molar refractivity (Wildman–Crippen MR) is 72.9 cm³/mol. The third-order valence-electron chi connectivity index (χ3n) is 2.62. The van der Waals surface area contributed by atoms with E-state index in [1.54, 1.807) is 12.1 Å². The quantitative estimate of drug-likeness (QED) is 0.921. The second-order valence-electron chi connectivity index (χ2n) is 4.23. The van der Waals surface area contributed by atoms with Crippen molar-refractivity contribution in [2.45, 2.75) is 0 Å². The molecule has 1 N–H and O–H groups in total. The molecule has 5 heteroatoms. The Balaban J connectivity index is 2.13. The van der Waals surface area contributed by atoms with Crippen molar-refractivity contribution in [2.75, 3.05) is 24.3 Å². The van der Waals surface area contributed by atoms with Crippen molar-refractivity contribution >= 4 is 17.3 Å². The molecule has 0 fully saturated rings. The van der Waals surface area contributed by atoms with Gasteiger partial charge in [-0.3, -0.25) is 4.79 Å². The third-order valence-corrected chi connectivity index (χ3v) is 2.62. The van der Waals surface area contributed by atoms with Gasteiger partial charge in [0.1, 0.15) is 0 Å². The van der Waals surface area contributed by atoms with Gasteiger partial charge >= 0.3 is 0 Å². The van der Waals surface area contributed by atoms with Gasteiger partial charge < -0.3 is 10.2 Å². The zero-order chi connectivity index (χ0) is 13.8. The summed E-state index contributed by atoms with van der Waals surface area (Å²) in [7, 11) is 3.85. The fourth-order valence-corrected chi connectivity index (χ4v) is 1.59. The van der Waals surface area contributed by atoms with Gasteiger partial charge in [0.15, 0.2) is 11.5 Å². The second kappa shape index (κ2) is 5.48. The second-order valence-corrected chi connectivity index (χ2v) is 4.23. The first-order chi connectivity index (χ1) is 9.08. The Morgan fingerprint density at radius 3 is 2.47 bits per heavy atom. The Bertz CT molecular complexity index is 581. The molecule has 0 spiro atoms. The molecule has 2 rings (SSSR count). The summed E-state index contributed by atoms with van der Waals surface area (Å²) >= 11 is 0. The van der Waals surface area contributed by atoms with E-state index in [9.17, 15) is 9.18 Å². The molecule has 1 aromatic carbocycles. The highest BCUT2D eigenvalue weighted by Gasteiger charge is 2.12. The molecule has 2 aromatic rings. The van der Waals surface area contributed by atoms with Gasteiger partial charge in [0.2, 0.25) is 0 Å². The fourth-order valence-electron chi connectivity index (χ4n) is 1.59. The number of halogens is 1. The molecule has 0 aliphatic rings. The van der Waals surface area contributed by atoms with E-state index in [0.29, 0.717) is 5.69 Å². The molecule has 1 heterocycles. The molecule has 0 atom stereocenters. The summed E-state index contributed by atoms with van der Waals surface area (Å²) in [5.41, 5.74) is 1.40. The number of aromatic nitrogens is 1. The number of rotatable bonds is 3. The van der Waals surface area contributed by atoms with E-state index in [2.05, 4.69) is 10.3 Å². The van der Waals surface area contributed by atoms with Crippen LogP contribution in [0, 0.1) is 5.82 Å². The normalized spacial score (nSPS) is 10.1. The van der Waals surface area contributed by atoms with E-state index in [1.165, 1.54) is 18.3 Å². The highest BCUT2D eigenvalue weighted by Crippen LogP contribution is 2.16. The number of nitrogens with one attached hydrogen (secondary N) is 1. The SMILES string of the molecule is CN(C)c1ccc(NC(=O)c2ncccc2F)cc1. The molecule has 19 heavy (non-hydrogen) atoms. The summed E-state index contributed by atoms with van der Waals surface area (Å²) in [6.45, 7) is 0. The van der Waals surface area contributed by atoms with Crippen LogP contribution in [0.2, 0.25) is 0 Å². The Morgan fingerprint density at radius 1 is 1.21 bits per heavy atom. The van der Waals surface area contributed by atoms with Crippen molar-refractivity contribution in [2.24, 2.45) is 0 Å². The van der Waals surface area contributed by atoms with Crippen LogP contribution in [-0.4, -0.2) is 25.0 Å². The molecular weight excluding hydrogens is 245 g/mol. The van der Waals surface area contributed by atoms with E-state index in [4.69, 9.17) is 0 Å². The monoisotopic (exact) mass is 259 g/mol. The number of carbonyl (C=O) groups excluding carboxylic acids is 1. The molecule has 0 saturated heterocycles. The van der Waals surface area contributed by atoms with E-state index < -0.39 is 11.7 Å². The first kappa shape index (κ1) is 13.0. The van der Waals surface area contributed by atoms with E-state index in [-0.39, 0.29) is 5.69 Å². The van der Waals surface area contributed by atoms with E-state index >= 15 is 0 Å². The summed E-state index contributed by atoms with van der Waals surface area (Å²) in [5, 5.41) is 2.61. The van der Waals surface area contributed by atoms with Crippen molar-refractivity contribution in [1.82, 2.24) is 4.98 Å². The number of pyridine rings is 1. The molecule has 98 valence electrons. The fraction of sp³-hybridized carbons (Fsp3) is 0.143. The lowest BCUT2D eigenvalue weighted by atomic mass is 10.2. The summed E-state index contributed by atoms with van der Waals surface area (Å²) in [4.78, 5) is 17.5. The largest absolute Gasteiger partial charge is 0.378 e. The highest BCUT2D eigenvalue weighted by molar-refractivity contribution is 6.03. The minimum absolute atomic E-state index is 0.209. The predicted octanol–water partition coefficient (Wildman–Crippen LogP) is 2.54. The average Bonchev–Trinajstić information content (AvgIpc) is 2.39. The van der Waals surface area contributed by atoms with Crippen LogP contribution < -0.4 is 10.2 Å². The van der Waals surface area contributed by atoms with Gasteiger partial charge in [-0.2, -0.15) is 0 Å². The summed E-state index contributed by atoms with van der Waals surface area (Å²) in [6.07, 6.45) is 1.38. The number of hydrogen-bond donors (Lipinski definition) is 1. The van der Waals surface area contributed by atoms with Gasteiger partial charge in [0.05, 0.1) is 0 Å². The van der Waals surface area contributed by atoms with Gasteiger partial charge in [-0.05, 0) is 36.4 Å². The maximum absolute atomic E-state index is 13.4. The van der Waals surface area contributed by atoms with Crippen LogP contribution in [0.25, 0.3) is 0 Å². The maximum Gasteiger partial charge on any atom is 0.277 e. The number of hydrogen-bond acceptors (Lipinski definition) is 3. The molecule has 0 radical (unpaired) electrons. The van der Waals surface area contributed by atoms with Gasteiger partial charge in [0.25, 0.3) is 5.91 Å². The third kappa shape index (κ3) is 3.07. The zero-order valence-corrected chi connectivity index (χ0v) is 10.7. The molecule has 0 saturated carbocycles. The van der Waals surface area contributed by atoms with Gasteiger partial charge in [-0.1, -0.05) is 0 Å². The molecule has 4 nitrogen and oxygen atoms in total. The Kier molecular flexibility index (Phi) is 3.75. The van der Waals surface area contributed by atoms with Crippen molar-refractivity contribution in [3.05, 3.63) is 54.1 Å². The van der Waals surface area contributed by atoms with Crippen LogP contribution in [0.3, 0.4) is 0 Å². The molecule has 0 unspecified atom stereocenters. The molecule has 0 aliphatic carbocycles. The van der Waals surface area contributed by atoms with Crippen LogP contribution in [0.15, 0.2) is 42.6 Å². The minimum Gasteiger partial charge on any atom is -0.378 e. The topological polar surface area (TPSA) is 45.2 Å². The maximum atomic E-state index is 13.4. The number of amides is 1. The molecular formula is C14H14FN3O. The standard InChI is InChI=1S/C14H14FN3O/c1-18(2)11-7-5-10(6-8-11)17-14(19)13-12(15)4-3-9-16-13/h3-9H,1-2H3,(H,17,19). The summed E-state index contributed by atoms with van der Waals surface area (Å²) < 4.78 is 13.4. The van der Waals surface area contributed by atoms with Crippen LogP contribution in [0.5, 0.6) is 0 Å². The van der Waals surface area contributed by atoms with E-state index in [1.807, 2.05) is 31.1 Å². The van der Waals surface area contributed by atoms with Crippen LogP contribution in [-0.2, 0) is 0 Å². The Labute approximate surface area is 110 Å². The van der Waals surface area contributed by atoms with Crippen molar-refractivity contribution < 1.29 is 9.18 Å². The van der Waals surface area contributed by atoms with Crippen molar-refractivity contribution in [3.63, 3.8) is 0 Å². The molecule has 0 bridgehead atoms. The summed E-state index contributed by atoms with van der Waals surface area (Å²) in [5.74, 6) is -1.19. The first-order valence-electron chi connectivity index (χ1n) is 5.77. The number of nitrogens with zero attached hydrogens (tertiary/aromatic N) is 2. The number of carbonyl (C=O) groups is 1. The molecule has 1 amide bonds. The molecule has 0 aliphatic heterocycles. The Morgan fingerprint density at radius 2 is 1.89 bits per heavy atom. The van der Waals surface area contributed by atoms with E-state index in [0.717, 1.165) is 5.69 Å². The lowest BCUT2D eigenvalue weighted by Crippen LogP contribution is -2.15. The zero-order valence-electron chi connectivity index (χ0n) is 10.7. The minimum atomic E-state index is -0.634. The van der Waals surface area contributed by atoms with Gasteiger partial charge in [0, 0.05) is 31.7 Å². The van der Waals surface area contributed by atoms with Gasteiger partial charge in [-0.15, -0.1) is 0 Å². The highest BCUT2D eigenvalue weighted by atomic mass is 19.1.